The second-order valence-electron chi connectivity index (χ2n) is 4.95. The van der Waals surface area contributed by atoms with Gasteiger partial charge < -0.3 is 14.0 Å². The van der Waals surface area contributed by atoms with E-state index in [9.17, 15) is 0 Å². The van der Waals surface area contributed by atoms with Gasteiger partial charge >= 0.3 is 0 Å². The molecule has 0 amide bonds. The summed E-state index contributed by atoms with van der Waals surface area (Å²) in [5.41, 5.74) is 1.56. The van der Waals surface area contributed by atoms with Crippen molar-refractivity contribution in [3.63, 3.8) is 0 Å². The van der Waals surface area contributed by atoms with Crippen molar-refractivity contribution in [2.24, 2.45) is 0 Å². The van der Waals surface area contributed by atoms with Gasteiger partial charge in [0.1, 0.15) is 11.9 Å². The fourth-order valence-electron chi connectivity index (χ4n) is 2.69. The Labute approximate surface area is 123 Å². The van der Waals surface area contributed by atoms with Crippen molar-refractivity contribution in [2.75, 3.05) is 19.8 Å². The van der Waals surface area contributed by atoms with Gasteiger partial charge in [0.05, 0.1) is 30.9 Å². The van der Waals surface area contributed by atoms with Gasteiger partial charge in [-0.3, -0.25) is 0 Å². The molecule has 1 saturated heterocycles. The molecule has 0 bridgehead atoms. The topological polar surface area (TPSA) is 60.1 Å². The number of rotatable bonds is 4. The van der Waals surface area contributed by atoms with Crippen LogP contribution in [0.3, 0.4) is 0 Å². The molecule has 0 spiro atoms. The van der Waals surface area contributed by atoms with Gasteiger partial charge in [-0.05, 0) is 19.1 Å². The highest BCUT2D eigenvalue weighted by Gasteiger charge is 2.31. The summed E-state index contributed by atoms with van der Waals surface area (Å²) in [5, 5.41) is 9.04. The zero-order valence-electron chi connectivity index (χ0n) is 11.9. The molecule has 1 aromatic heterocycles. The van der Waals surface area contributed by atoms with E-state index in [1.807, 2.05) is 31.3 Å². The molecule has 1 fully saturated rings. The maximum Gasteiger partial charge on any atom is 0.140 e. The van der Waals surface area contributed by atoms with E-state index in [-0.39, 0.29) is 12.1 Å². The van der Waals surface area contributed by atoms with Crippen molar-refractivity contribution in [3.05, 3.63) is 42.2 Å². The van der Waals surface area contributed by atoms with E-state index in [4.69, 9.17) is 14.7 Å². The van der Waals surface area contributed by atoms with Crippen LogP contribution in [0, 0.1) is 11.3 Å². The Balaban J connectivity index is 1.95. The molecule has 1 aromatic carbocycles. The minimum atomic E-state index is 0.0436. The van der Waals surface area contributed by atoms with Crippen LogP contribution in [0.15, 0.2) is 36.7 Å². The highest BCUT2D eigenvalue weighted by Crippen LogP contribution is 2.28. The molecule has 5 nitrogen and oxygen atoms in total. The van der Waals surface area contributed by atoms with Gasteiger partial charge in [-0.15, -0.1) is 0 Å². The number of nitriles is 1. The summed E-state index contributed by atoms with van der Waals surface area (Å²) in [6, 6.07) is 9.76. The number of imidazole rings is 1. The molecular formula is C16H17N3O2. The highest BCUT2D eigenvalue weighted by molar-refractivity contribution is 5.58. The molecule has 0 N–H and O–H groups in total. The summed E-state index contributed by atoms with van der Waals surface area (Å²) in [6.07, 6.45) is 3.76. The van der Waals surface area contributed by atoms with Crippen LogP contribution in [0.25, 0.3) is 11.4 Å². The lowest BCUT2D eigenvalue weighted by atomic mass is 10.1. The standard InChI is InChI=1S/C16H17N3O2/c1-2-21-15-11-20-10-14(15)19-7-6-18-16(19)13-5-3-4-12(8-13)9-17/h3-8,14-15H,2,10-11H2,1H3/t14-,15-/m0/s1. The quantitative estimate of drug-likeness (QED) is 0.864. The smallest absolute Gasteiger partial charge is 0.140 e. The lowest BCUT2D eigenvalue weighted by molar-refractivity contribution is 0.0364. The lowest BCUT2D eigenvalue weighted by Crippen LogP contribution is -2.25. The van der Waals surface area contributed by atoms with Gasteiger partial charge in [0.15, 0.2) is 0 Å². The first-order chi connectivity index (χ1) is 10.3. The van der Waals surface area contributed by atoms with Gasteiger partial charge in [0.2, 0.25) is 0 Å². The van der Waals surface area contributed by atoms with E-state index in [1.54, 1.807) is 12.3 Å². The van der Waals surface area contributed by atoms with Gasteiger partial charge in [0, 0.05) is 24.6 Å². The first-order valence-electron chi connectivity index (χ1n) is 7.06. The minimum absolute atomic E-state index is 0.0436. The Morgan fingerprint density at radius 3 is 3.19 bits per heavy atom. The maximum atomic E-state index is 9.04. The van der Waals surface area contributed by atoms with Crippen molar-refractivity contribution in [1.29, 1.82) is 5.26 Å². The third-order valence-corrected chi connectivity index (χ3v) is 3.66. The molecule has 1 aliphatic rings. The highest BCUT2D eigenvalue weighted by atomic mass is 16.5. The van der Waals surface area contributed by atoms with E-state index in [1.165, 1.54) is 0 Å². The van der Waals surface area contributed by atoms with Gasteiger partial charge in [-0.2, -0.15) is 5.26 Å². The SMILES string of the molecule is CCO[C@H]1COC[C@@H]1n1ccnc1-c1cccc(C#N)c1. The van der Waals surface area contributed by atoms with Gasteiger partial charge in [-0.1, -0.05) is 12.1 Å². The number of hydrogen-bond acceptors (Lipinski definition) is 4. The van der Waals surface area contributed by atoms with Crippen molar-refractivity contribution >= 4 is 0 Å². The first kappa shape index (κ1) is 13.8. The molecular weight excluding hydrogens is 266 g/mol. The fraction of sp³-hybridized carbons (Fsp3) is 0.375. The Morgan fingerprint density at radius 1 is 1.48 bits per heavy atom. The molecule has 2 atom stereocenters. The Bertz CT molecular complexity index is 660. The van der Waals surface area contributed by atoms with Crippen molar-refractivity contribution in [1.82, 2.24) is 9.55 Å². The Hall–Kier alpha value is -2.16. The molecule has 0 saturated carbocycles. The van der Waals surface area contributed by atoms with E-state index >= 15 is 0 Å². The third-order valence-electron chi connectivity index (χ3n) is 3.66. The first-order valence-corrected chi connectivity index (χ1v) is 7.06. The molecule has 2 aromatic rings. The third kappa shape index (κ3) is 2.68. The minimum Gasteiger partial charge on any atom is -0.376 e. The molecule has 5 heteroatoms. The second-order valence-corrected chi connectivity index (χ2v) is 4.95. The summed E-state index contributed by atoms with van der Waals surface area (Å²) in [6.45, 7) is 3.87. The van der Waals surface area contributed by atoms with Crippen LogP contribution in [0.2, 0.25) is 0 Å². The summed E-state index contributed by atoms with van der Waals surface area (Å²) >= 11 is 0. The molecule has 108 valence electrons. The normalized spacial score (nSPS) is 21.3. The monoisotopic (exact) mass is 283 g/mol. The Morgan fingerprint density at radius 2 is 2.38 bits per heavy atom. The van der Waals surface area contributed by atoms with E-state index in [2.05, 4.69) is 15.6 Å². The zero-order chi connectivity index (χ0) is 14.7. The van der Waals surface area contributed by atoms with Crippen LogP contribution in [0.4, 0.5) is 0 Å². The largest absolute Gasteiger partial charge is 0.376 e. The fourth-order valence-corrected chi connectivity index (χ4v) is 2.69. The van der Waals surface area contributed by atoms with Crippen LogP contribution in [0.1, 0.15) is 18.5 Å². The zero-order valence-corrected chi connectivity index (χ0v) is 11.9. The summed E-state index contributed by atoms with van der Waals surface area (Å²) in [7, 11) is 0. The summed E-state index contributed by atoms with van der Waals surface area (Å²) < 4.78 is 13.4. The van der Waals surface area contributed by atoms with Crippen LogP contribution in [0.5, 0.6) is 0 Å². The van der Waals surface area contributed by atoms with Crippen molar-refractivity contribution in [2.45, 2.75) is 19.1 Å². The number of ether oxygens (including phenoxy) is 2. The van der Waals surface area contributed by atoms with E-state index < -0.39 is 0 Å². The average Bonchev–Trinajstić information content (AvgIpc) is 3.16. The van der Waals surface area contributed by atoms with Gasteiger partial charge in [0.25, 0.3) is 0 Å². The van der Waals surface area contributed by atoms with Gasteiger partial charge in [-0.25, -0.2) is 4.98 Å². The van der Waals surface area contributed by atoms with Crippen molar-refractivity contribution < 1.29 is 9.47 Å². The molecule has 3 rings (SSSR count). The number of hydrogen-bond donors (Lipinski definition) is 0. The molecule has 21 heavy (non-hydrogen) atoms. The lowest BCUT2D eigenvalue weighted by Gasteiger charge is -2.21. The maximum absolute atomic E-state index is 9.04. The Kier molecular flexibility index (Phi) is 4.00. The predicted octanol–water partition coefficient (Wildman–Crippen LogP) is 2.40. The van der Waals surface area contributed by atoms with Crippen LogP contribution in [-0.2, 0) is 9.47 Å². The molecule has 0 unspecified atom stereocenters. The molecule has 2 heterocycles. The van der Waals surface area contributed by atoms with E-state index in [0.29, 0.717) is 25.4 Å². The number of aromatic nitrogens is 2. The summed E-state index contributed by atoms with van der Waals surface area (Å²) in [4.78, 5) is 4.44. The molecule has 0 radical (unpaired) electrons. The van der Waals surface area contributed by atoms with Crippen LogP contribution >= 0.6 is 0 Å². The predicted molar refractivity (Wildman–Crippen MR) is 77.6 cm³/mol. The van der Waals surface area contributed by atoms with Crippen LogP contribution < -0.4 is 0 Å². The van der Waals surface area contributed by atoms with Crippen molar-refractivity contribution in [3.8, 4) is 17.5 Å². The van der Waals surface area contributed by atoms with E-state index in [0.717, 1.165) is 11.4 Å². The second kappa shape index (κ2) is 6.08. The number of nitrogens with zero attached hydrogens (tertiary/aromatic N) is 3. The average molecular weight is 283 g/mol. The number of benzene rings is 1. The molecule has 1 aliphatic heterocycles. The molecule has 0 aliphatic carbocycles. The summed E-state index contributed by atoms with van der Waals surface area (Å²) in [5.74, 6) is 0.840. The van der Waals surface area contributed by atoms with Crippen LogP contribution in [-0.4, -0.2) is 35.5 Å².